The first-order valence-electron chi connectivity index (χ1n) is 3.25. The molecule has 13 heavy (non-hydrogen) atoms. The van der Waals surface area contributed by atoms with E-state index in [9.17, 15) is 8.78 Å². The SMILES string of the molecule is FC(F)c1cc(Cl)nc(CCl)c1Cl. The van der Waals surface area contributed by atoms with Gasteiger partial charge in [-0.3, -0.25) is 0 Å². The van der Waals surface area contributed by atoms with Gasteiger partial charge in [0, 0.05) is 5.56 Å². The lowest BCUT2D eigenvalue weighted by Crippen LogP contribution is -1.95. The molecule has 1 rings (SSSR count). The fourth-order valence-electron chi connectivity index (χ4n) is 0.816. The fourth-order valence-corrected chi connectivity index (χ4v) is 1.54. The maximum Gasteiger partial charge on any atom is 0.265 e. The maximum atomic E-state index is 12.3. The normalized spacial score (nSPS) is 10.9. The highest BCUT2D eigenvalue weighted by molar-refractivity contribution is 6.34. The van der Waals surface area contributed by atoms with E-state index in [4.69, 9.17) is 34.8 Å². The van der Waals surface area contributed by atoms with Crippen LogP contribution in [-0.2, 0) is 5.88 Å². The molecule has 1 aromatic rings. The van der Waals surface area contributed by atoms with Crippen LogP contribution in [0.3, 0.4) is 0 Å². The van der Waals surface area contributed by atoms with E-state index >= 15 is 0 Å². The third-order valence-corrected chi connectivity index (χ3v) is 2.27. The van der Waals surface area contributed by atoms with Gasteiger partial charge in [0.2, 0.25) is 0 Å². The van der Waals surface area contributed by atoms with Crippen molar-refractivity contribution in [3.63, 3.8) is 0 Å². The van der Waals surface area contributed by atoms with E-state index < -0.39 is 6.43 Å². The standard InChI is InChI=1S/C7H4Cl3F2N/c8-2-4-6(10)3(7(11)12)1-5(9)13-4/h1,7H,2H2. The molecule has 0 radical (unpaired) electrons. The topological polar surface area (TPSA) is 12.9 Å². The number of alkyl halides is 3. The monoisotopic (exact) mass is 245 g/mol. The highest BCUT2D eigenvalue weighted by Gasteiger charge is 2.16. The average Bonchev–Trinajstić information content (AvgIpc) is 2.08. The van der Waals surface area contributed by atoms with Gasteiger partial charge in [-0.1, -0.05) is 23.2 Å². The van der Waals surface area contributed by atoms with E-state index in [-0.39, 0.29) is 27.3 Å². The summed E-state index contributed by atoms with van der Waals surface area (Å²) < 4.78 is 24.6. The van der Waals surface area contributed by atoms with Crippen LogP contribution in [0.5, 0.6) is 0 Å². The molecule has 0 N–H and O–H groups in total. The largest absolute Gasteiger partial charge is 0.265 e. The molecular formula is C7H4Cl3F2N. The van der Waals surface area contributed by atoms with E-state index in [1.165, 1.54) is 0 Å². The molecule has 0 fully saturated rings. The Labute approximate surface area is 88.6 Å². The molecule has 0 aliphatic rings. The molecule has 0 bridgehead atoms. The Kier molecular flexibility index (Phi) is 3.71. The molecule has 0 aliphatic carbocycles. The molecule has 1 heterocycles. The van der Waals surface area contributed by atoms with Gasteiger partial charge >= 0.3 is 0 Å². The lowest BCUT2D eigenvalue weighted by atomic mass is 10.2. The summed E-state index contributed by atoms with van der Waals surface area (Å²) in [5, 5.41) is -0.148. The predicted molar refractivity (Wildman–Crippen MR) is 48.8 cm³/mol. The molecule has 0 saturated carbocycles. The van der Waals surface area contributed by atoms with Crippen LogP contribution in [0, 0.1) is 0 Å². The van der Waals surface area contributed by atoms with Gasteiger partial charge < -0.3 is 0 Å². The van der Waals surface area contributed by atoms with Crippen LogP contribution in [0.1, 0.15) is 17.7 Å². The van der Waals surface area contributed by atoms with E-state index in [1.54, 1.807) is 0 Å². The minimum atomic E-state index is -2.67. The smallest absolute Gasteiger partial charge is 0.238 e. The summed E-state index contributed by atoms with van der Waals surface area (Å²) in [6.45, 7) is 0. The Morgan fingerprint density at radius 2 is 2.00 bits per heavy atom. The van der Waals surface area contributed by atoms with Crippen molar-refractivity contribution >= 4 is 34.8 Å². The first kappa shape index (κ1) is 11.0. The van der Waals surface area contributed by atoms with Crippen LogP contribution >= 0.6 is 34.8 Å². The summed E-state index contributed by atoms with van der Waals surface area (Å²) in [4.78, 5) is 3.70. The van der Waals surface area contributed by atoms with Crippen LogP contribution in [0.4, 0.5) is 8.78 Å². The molecule has 0 saturated heterocycles. The zero-order valence-electron chi connectivity index (χ0n) is 6.20. The number of aromatic nitrogens is 1. The highest BCUT2D eigenvalue weighted by Crippen LogP contribution is 2.31. The third kappa shape index (κ3) is 2.42. The van der Waals surface area contributed by atoms with Crippen LogP contribution < -0.4 is 0 Å². The van der Waals surface area contributed by atoms with Crippen molar-refractivity contribution < 1.29 is 8.78 Å². The molecule has 1 aromatic heterocycles. The Hall–Kier alpha value is -0.120. The Morgan fingerprint density at radius 1 is 1.38 bits per heavy atom. The molecule has 0 aliphatic heterocycles. The Balaban J connectivity index is 3.27. The number of hydrogen-bond acceptors (Lipinski definition) is 1. The summed E-state index contributed by atoms with van der Waals surface area (Å²) in [7, 11) is 0. The van der Waals surface area contributed by atoms with Gasteiger partial charge in [-0.05, 0) is 6.07 Å². The summed E-state index contributed by atoms with van der Waals surface area (Å²) in [6, 6.07) is 1.03. The van der Waals surface area contributed by atoms with Crippen molar-refractivity contribution in [3.8, 4) is 0 Å². The molecule has 72 valence electrons. The summed E-state index contributed by atoms with van der Waals surface area (Å²) in [6.07, 6.45) is -2.67. The maximum absolute atomic E-state index is 12.3. The predicted octanol–water partition coefficient (Wildman–Crippen LogP) is 4.06. The van der Waals surface area contributed by atoms with Gasteiger partial charge in [0.1, 0.15) is 5.15 Å². The summed E-state index contributed by atoms with van der Waals surface area (Å²) >= 11 is 16.5. The first-order valence-corrected chi connectivity index (χ1v) is 4.54. The van der Waals surface area contributed by atoms with Gasteiger partial charge in [0.15, 0.2) is 0 Å². The van der Waals surface area contributed by atoms with Crippen LogP contribution in [0.2, 0.25) is 10.2 Å². The lowest BCUT2D eigenvalue weighted by molar-refractivity contribution is 0.151. The number of nitrogens with zero attached hydrogens (tertiary/aromatic N) is 1. The fraction of sp³-hybridized carbons (Fsp3) is 0.286. The van der Waals surface area contributed by atoms with E-state index in [0.29, 0.717) is 0 Å². The number of hydrogen-bond donors (Lipinski definition) is 0. The molecular weight excluding hydrogens is 242 g/mol. The first-order chi connectivity index (χ1) is 6.06. The van der Waals surface area contributed by atoms with Gasteiger partial charge in [-0.2, -0.15) is 0 Å². The minimum Gasteiger partial charge on any atom is -0.238 e. The number of rotatable bonds is 2. The molecule has 0 atom stereocenters. The number of halogens is 5. The molecule has 1 nitrogen and oxygen atoms in total. The molecule has 0 amide bonds. The van der Waals surface area contributed by atoms with Crippen LogP contribution in [0.15, 0.2) is 6.07 Å². The zero-order chi connectivity index (χ0) is 10.0. The van der Waals surface area contributed by atoms with Crippen LogP contribution in [-0.4, -0.2) is 4.98 Å². The second kappa shape index (κ2) is 4.40. The molecule has 6 heteroatoms. The Bertz CT molecular complexity index is 317. The van der Waals surface area contributed by atoms with Crippen molar-refractivity contribution in [3.05, 3.63) is 27.5 Å². The zero-order valence-corrected chi connectivity index (χ0v) is 8.47. The molecule has 0 unspecified atom stereocenters. The molecule has 0 aromatic carbocycles. The van der Waals surface area contributed by atoms with Gasteiger partial charge in [-0.15, -0.1) is 11.6 Å². The Morgan fingerprint density at radius 3 is 2.46 bits per heavy atom. The summed E-state index contributed by atoms with van der Waals surface area (Å²) in [5.74, 6) is -0.0425. The third-order valence-electron chi connectivity index (χ3n) is 1.38. The second-order valence-electron chi connectivity index (χ2n) is 2.23. The average molecular weight is 246 g/mol. The summed E-state index contributed by atoms with van der Waals surface area (Å²) in [5.41, 5.74) is -0.163. The van der Waals surface area contributed by atoms with Gasteiger partial charge in [0.05, 0.1) is 16.6 Å². The second-order valence-corrected chi connectivity index (χ2v) is 3.26. The van der Waals surface area contributed by atoms with Crippen molar-refractivity contribution in [2.45, 2.75) is 12.3 Å². The lowest BCUT2D eigenvalue weighted by Gasteiger charge is -2.06. The van der Waals surface area contributed by atoms with E-state index in [1.807, 2.05) is 0 Å². The van der Waals surface area contributed by atoms with E-state index in [0.717, 1.165) is 6.07 Å². The van der Waals surface area contributed by atoms with E-state index in [2.05, 4.69) is 4.98 Å². The van der Waals surface area contributed by atoms with Crippen molar-refractivity contribution in [1.29, 1.82) is 0 Å². The quantitative estimate of drug-likeness (QED) is 0.566. The van der Waals surface area contributed by atoms with Crippen molar-refractivity contribution in [1.82, 2.24) is 4.98 Å². The van der Waals surface area contributed by atoms with Gasteiger partial charge in [0.25, 0.3) is 6.43 Å². The van der Waals surface area contributed by atoms with Crippen LogP contribution in [0.25, 0.3) is 0 Å². The highest BCUT2D eigenvalue weighted by atomic mass is 35.5. The van der Waals surface area contributed by atoms with Gasteiger partial charge in [-0.25, -0.2) is 13.8 Å². The molecule has 0 spiro atoms. The minimum absolute atomic E-state index is 0.0321. The number of pyridine rings is 1. The van der Waals surface area contributed by atoms with Crippen molar-refractivity contribution in [2.75, 3.05) is 0 Å². The van der Waals surface area contributed by atoms with Crippen molar-refractivity contribution in [2.24, 2.45) is 0 Å².